The molecule has 0 fully saturated rings. The molecule has 0 bridgehead atoms. The van der Waals surface area contributed by atoms with Crippen LogP contribution in [0.25, 0.3) is 44.5 Å². The van der Waals surface area contributed by atoms with Gasteiger partial charge in [-0.15, -0.1) is 0 Å². The Morgan fingerprint density at radius 3 is 1.52 bits per heavy atom. The predicted octanol–water partition coefficient (Wildman–Crippen LogP) is 14.1. The second-order valence-corrected chi connectivity index (χ2v) is 15.4. The highest BCUT2D eigenvalue weighted by Gasteiger charge is 2.44. The lowest BCUT2D eigenvalue weighted by Crippen LogP contribution is -2.23. The Balaban J connectivity index is 1.34. The molecule has 0 radical (unpaired) electrons. The van der Waals surface area contributed by atoms with E-state index in [0.29, 0.717) is 0 Å². The molecule has 1 heteroatoms. The van der Waals surface area contributed by atoms with Gasteiger partial charge in [0, 0.05) is 22.0 Å². The van der Waals surface area contributed by atoms with Gasteiger partial charge in [-0.1, -0.05) is 190 Å². The van der Waals surface area contributed by atoms with Crippen LogP contribution in [0.1, 0.15) is 48.6 Å². The van der Waals surface area contributed by atoms with Gasteiger partial charge in [-0.2, -0.15) is 0 Å². The van der Waals surface area contributed by atoms with Gasteiger partial charge in [0.25, 0.3) is 0 Å². The Kier molecular flexibility index (Phi) is 7.35. The van der Waals surface area contributed by atoms with Gasteiger partial charge >= 0.3 is 0 Å². The minimum Gasteiger partial charge on any atom is -0.309 e. The number of hydrogen-bond donors (Lipinski definition) is 0. The quantitative estimate of drug-likeness (QED) is 0.168. The summed E-state index contributed by atoms with van der Waals surface area (Å²) < 4.78 is 0. The van der Waals surface area contributed by atoms with Crippen molar-refractivity contribution < 1.29 is 0 Å². The Morgan fingerprint density at radius 2 is 0.815 bits per heavy atom. The molecule has 0 aliphatic heterocycles. The van der Waals surface area contributed by atoms with Crippen molar-refractivity contribution in [2.45, 2.75) is 31.6 Å². The number of rotatable bonds is 6. The minimum absolute atomic E-state index is 0.223. The number of anilines is 3. The Hall–Kier alpha value is -6.44. The van der Waals surface area contributed by atoms with Crippen LogP contribution >= 0.6 is 0 Å². The fourth-order valence-corrected chi connectivity index (χ4v) is 9.68. The van der Waals surface area contributed by atoms with Crippen LogP contribution in [0, 0.1) is 0 Å². The van der Waals surface area contributed by atoms with Crippen LogP contribution in [-0.2, 0) is 10.8 Å². The first-order valence-corrected chi connectivity index (χ1v) is 19.0. The molecule has 1 atom stereocenters. The molecule has 0 saturated carbocycles. The van der Waals surface area contributed by atoms with Crippen molar-refractivity contribution in [2.75, 3.05) is 4.90 Å². The lowest BCUT2D eigenvalue weighted by molar-refractivity contribution is 0.661. The molecule has 1 nitrogen and oxygen atoms in total. The van der Waals surface area contributed by atoms with Gasteiger partial charge in [0.2, 0.25) is 0 Å². The summed E-state index contributed by atoms with van der Waals surface area (Å²) in [6.45, 7) is 7.20. The first-order chi connectivity index (χ1) is 26.5. The second-order valence-electron chi connectivity index (χ2n) is 15.4. The average Bonchev–Trinajstić information content (AvgIpc) is 3.64. The van der Waals surface area contributed by atoms with Crippen molar-refractivity contribution in [3.63, 3.8) is 0 Å². The van der Waals surface area contributed by atoms with Gasteiger partial charge in [-0.3, -0.25) is 0 Å². The summed E-state index contributed by atoms with van der Waals surface area (Å²) in [6.07, 6.45) is 0. The van der Waals surface area contributed by atoms with Crippen LogP contribution in [0.4, 0.5) is 17.1 Å². The third-order valence-electron chi connectivity index (χ3n) is 12.1. The lowest BCUT2D eigenvalue weighted by atomic mass is 9.74. The van der Waals surface area contributed by atoms with Crippen LogP contribution < -0.4 is 4.90 Å². The van der Waals surface area contributed by atoms with E-state index >= 15 is 0 Å². The fourth-order valence-electron chi connectivity index (χ4n) is 9.68. The van der Waals surface area contributed by atoms with Crippen molar-refractivity contribution in [1.82, 2.24) is 0 Å². The molecule has 0 N–H and O–H groups in total. The monoisotopic (exact) mass is 691 g/mol. The van der Waals surface area contributed by atoms with Crippen molar-refractivity contribution in [2.24, 2.45) is 0 Å². The summed E-state index contributed by atoms with van der Waals surface area (Å²) in [7, 11) is 0. The largest absolute Gasteiger partial charge is 0.309 e. The first-order valence-electron chi connectivity index (χ1n) is 19.0. The molecule has 2 aliphatic rings. The van der Waals surface area contributed by atoms with Gasteiger partial charge in [0.1, 0.15) is 0 Å². The van der Waals surface area contributed by atoms with Crippen molar-refractivity contribution in [3.05, 3.63) is 222 Å². The van der Waals surface area contributed by atoms with E-state index in [0.717, 1.165) is 5.69 Å². The molecule has 0 aromatic heterocycles. The average molecular weight is 692 g/mol. The molecule has 2 aliphatic carbocycles. The van der Waals surface area contributed by atoms with Crippen molar-refractivity contribution >= 4 is 17.1 Å². The third kappa shape index (κ3) is 4.64. The van der Waals surface area contributed by atoms with E-state index in [-0.39, 0.29) is 10.8 Å². The smallest absolute Gasteiger partial charge is 0.0546 e. The molecular weight excluding hydrogens is 651 g/mol. The summed E-state index contributed by atoms with van der Waals surface area (Å²) in [5, 5.41) is 0. The summed E-state index contributed by atoms with van der Waals surface area (Å²) in [5.41, 5.74) is 19.7. The van der Waals surface area contributed by atoms with Crippen LogP contribution in [0.5, 0.6) is 0 Å². The van der Waals surface area contributed by atoms with Gasteiger partial charge in [0.15, 0.2) is 0 Å². The molecule has 0 heterocycles. The number of hydrogen-bond acceptors (Lipinski definition) is 1. The minimum atomic E-state index is -0.322. The summed E-state index contributed by atoms with van der Waals surface area (Å²) >= 11 is 0. The highest BCUT2D eigenvalue weighted by molar-refractivity contribution is 6.03. The maximum atomic E-state index is 2.60. The summed E-state index contributed by atoms with van der Waals surface area (Å²) in [4.78, 5) is 2.60. The maximum Gasteiger partial charge on any atom is 0.0546 e. The van der Waals surface area contributed by atoms with E-state index in [1.54, 1.807) is 0 Å². The van der Waals surface area contributed by atoms with E-state index in [4.69, 9.17) is 0 Å². The van der Waals surface area contributed by atoms with Crippen LogP contribution in [-0.4, -0.2) is 0 Å². The Bertz CT molecular complexity index is 2690. The van der Waals surface area contributed by atoms with Gasteiger partial charge in [-0.25, -0.2) is 0 Å². The number of benzene rings is 8. The van der Waals surface area contributed by atoms with E-state index in [2.05, 4.69) is 220 Å². The molecule has 8 aromatic carbocycles. The Morgan fingerprint density at radius 1 is 0.333 bits per heavy atom. The molecule has 0 spiro atoms. The molecule has 8 aromatic rings. The maximum absolute atomic E-state index is 2.60. The predicted molar refractivity (Wildman–Crippen MR) is 227 cm³/mol. The van der Waals surface area contributed by atoms with Gasteiger partial charge in [-0.05, 0) is 86.3 Å². The molecule has 54 heavy (non-hydrogen) atoms. The molecule has 1 unspecified atom stereocenters. The van der Waals surface area contributed by atoms with Gasteiger partial charge in [0.05, 0.1) is 17.1 Å². The SMILES string of the molecule is CC1(C)c2ccccc2-c2cccc(N(c3cccc(-c4ccccc4)c3-c3ccccc3)c3cccc4c3-c3ccccc3C4(C)c3ccccc3)c21. The van der Waals surface area contributed by atoms with Gasteiger partial charge < -0.3 is 4.90 Å². The number of fused-ring (bicyclic) bond motifs is 6. The van der Waals surface area contributed by atoms with Crippen molar-refractivity contribution in [3.8, 4) is 44.5 Å². The van der Waals surface area contributed by atoms with Crippen molar-refractivity contribution in [1.29, 1.82) is 0 Å². The van der Waals surface area contributed by atoms with Crippen LogP contribution in [0.2, 0.25) is 0 Å². The van der Waals surface area contributed by atoms with Crippen LogP contribution in [0.15, 0.2) is 194 Å². The van der Waals surface area contributed by atoms with E-state index < -0.39 is 0 Å². The number of nitrogens with zero attached hydrogens (tertiary/aromatic N) is 1. The summed E-state index contributed by atoms with van der Waals surface area (Å²) in [6, 6.07) is 71.7. The normalized spacial score (nSPS) is 15.9. The summed E-state index contributed by atoms with van der Waals surface area (Å²) in [5.74, 6) is 0. The zero-order valence-corrected chi connectivity index (χ0v) is 30.9. The third-order valence-corrected chi connectivity index (χ3v) is 12.1. The molecular formula is C53H41N. The Labute approximate surface area is 318 Å². The molecule has 0 amide bonds. The standard InChI is InChI=1S/C53H41N/c1-52(2)43-30-15-13-26-40(43)41-29-18-35-48(51(41)52)54(46-33-17-28-39(36-20-7-4-8-21-36)49(46)37-22-9-5-10-23-37)47-34-19-32-45-50(47)42-27-14-16-31-44(42)53(45,3)38-24-11-6-12-25-38/h4-35H,1-3H3. The zero-order chi connectivity index (χ0) is 36.4. The lowest BCUT2D eigenvalue weighted by Gasteiger charge is -2.35. The molecule has 258 valence electrons. The van der Waals surface area contributed by atoms with E-state index in [1.807, 2.05) is 0 Å². The zero-order valence-electron chi connectivity index (χ0n) is 30.9. The van der Waals surface area contributed by atoms with E-state index in [9.17, 15) is 0 Å². The van der Waals surface area contributed by atoms with Crippen LogP contribution in [0.3, 0.4) is 0 Å². The second kappa shape index (κ2) is 12.3. The topological polar surface area (TPSA) is 3.24 Å². The van der Waals surface area contributed by atoms with E-state index in [1.165, 1.54) is 83.7 Å². The first kappa shape index (κ1) is 32.2. The fraction of sp³-hybridized carbons (Fsp3) is 0.0943. The molecule has 0 saturated heterocycles. The highest BCUT2D eigenvalue weighted by atomic mass is 15.2. The highest BCUT2D eigenvalue weighted by Crippen LogP contribution is 2.60. The molecule has 10 rings (SSSR count).